The first kappa shape index (κ1) is 18.8. The Hall–Kier alpha value is -2.02. The highest BCUT2D eigenvalue weighted by atomic mass is 19.3. The summed E-state index contributed by atoms with van der Waals surface area (Å²) in [5.41, 5.74) is 1.67. The third kappa shape index (κ3) is 4.20. The van der Waals surface area contributed by atoms with E-state index >= 15 is 0 Å². The van der Waals surface area contributed by atoms with Crippen molar-refractivity contribution < 1.29 is 18.7 Å². The van der Waals surface area contributed by atoms with Gasteiger partial charge in [-0.05, 0) is 25.0 Å². The van der Waals surface area contributed by atoms with Crippen LogP contribution in [0.1, 0.15) is 43.8 Å². The van der Waals surface area contributed by atoms with E-state index in [2.05, 4.69) is 0 Å². The average Bonchev–Trinajstić information content (AvgIpc) is 3.00. The maximum atomic E-state index is 12.8. The van der Waals surface area contributed by atoms with Crippen LogP contribution < -0.4 is 0 Å². The van der Waals surface area contributed by atoms with E-state index in [0.717, 1.165) is 47.4 Å². The van der Waals surface area contributed by atoms with Gasteiger partial charge in [0.1, 0.15) is 12.4 Å². The molecule has 0 aliphatic heterocycles. The Morgan fingerprint density at radius 1 is 1.27 bits per heavy atom. The number of aliphatic hydroxyl groups excluding tert-OH is 1. The number of alkyl halides is 2. The Labute approximate surface area is 151 Å². The summed E-state index contributed by atoms with van der Waals surface area (Å²) in [4.78, 5) is 18.4. The van der Waals surface area contributed by atoms with Gasteiger partial charge >= 0.3 is 0 Å². The number of imidazole rings is 1. The first-order valence-electron chi connectivity index (χ1n) is 9.22. The van der Waals surface area contributed by atoms with Gasteiger partial charge in [-0.2, -0.15) is 0 Å². The molecule has 1 aromatic heterocycles. The lowest BCUT2D eigenvalue weighted by molar-refractivity contribution is -0.134. The van der Waals surface area contributed by atoms with Crippen LogP contribution in [0, 0.1) is 0 Å². The largest absolute Gasteiger partial charge is 0.395 e. The van der Waals surface area contributed by atoms with Gasteiger partial charge in [0.2, 0.25) is 5.91 Å². The Kier molecular flexibility index (Phi) is 6.19. The fraction of sp³-hybridized carbons (Fsp3) is 0.579. The van der Waals surface area contributed by atoms with E-state index in [-0.39, 0.29) is 19.7 Å². The summed E-state index contributed by atoms with van der Waals surface area (Å²) in [6, 6.07) is 7.61. The molecule has 142 valence electrons. The number of hydrogen-bond acceptors (Lipinski definition) is 3. The molecular weight excluding hydrogens is 340 g/mol. The van der Waals surface area contributed by atoms with E-state index in [1.54, 1.807) is 0 Å². The predicted molar refractivity (Wildman–Crippen MR) is 95.2 cm³/mol. The molecule has 1 aliphatic rings. The molecule has 1 N–H and O–H groups in total. The molecule has 7 heteroatoms. The minimum Gasteiger partial charge on any atom is -0.395 e. The summed E-state index contributed by atoms with van der Waals surface area (Å²) in [5.74, 6) is 0.755. The first-order valence-corrected chi connectivity index (χ1v) is 9.22. The van der Waals surface area contributed by atoms with Gasteiger partial charge in [0.15, 0.2) is 0 Å². The second-order valence-electron chi connectivity index (χ2n) is 6.83. The zero-order valence-corrected chi connectivity index (χ0v) is 14.8. The molecule has 0 unspecified atom stereocenters. The molecule has 3 rings (SSSR count). The van der Waals surface area contributed by atoms with Gasteiger partial charge < -0.3 is 14.6 Å². The Bertz CT molecular complexity index is 741. The van der Waals surface area contributed by atoms with Crippen molar-refractivity contribution in [2.75, 3.05) is 19.7 Å². The van der Waals surface area contributed by atoms with Crippen LogP contribution in [0.4, 0.5) is 8.78 Å². The number of rotatable bonds is 7. The van der Waals surface area contributed by atoms with Gasteiger partial charge in [0.25, 0.3) is 6.43 Å². The minimum absolute atomic E-state index is 0.0287. The standard InChI is InChI=1S/C19H25F2N3O2/c20-17(21)12-23(10-11-25)18(26)13-24-16-9-5-4-8-15(16)22-19(24)14-6-2-1-3-7-14/h4-5,8-9,14,17,25H,1-3,6-7,10-13H2. The van der Waals surface area contributed by atoms with Crippen molar-refractivity contribution in [3.63, 3.8) is 0 Å². The highest BCUT2D eigenvalue weighted by Crippen LogP contribution is 2.34. The molecular formula is C19H25F2N3O2. The van der Waals surface area contributed by atoms with Crippen molar-refractivity contribution in [3.05, 3.63) is 30.1 Å². The van der Waals surface area contributed by atoms with Crippen molar-refractivity contribution in [2.24, 2.45) is 0 Å². The molecule has 5 nitrogen and oxygen atoms in total. The third-order valence-corrected chi connectivity index (χ3v) is 5.03. The fourth-order valence-electron chi connectivity index (χ4n) is 3.77. The fourth-order valence-corrected chi connectivity index (χ4v) is 3.77. The number of para-hydroxylation sites is 2. The van der Waals surface area contributed by atoms with Gasteiger partial charge in [-0.1, -0.05) is 31.4 Å². The van der Waals surface area contributed by atoms with E-state index in [4.69, 9.17) is 10.1 Å². The smallest absolute Gasteiger partial charge is 0.255 e. The van der Waals surface area contributed by atoms with Gasteiger partial charge in [0.05, 0.1) is 24.2 Å². The van der Waals surface area contributed by atoms with Crippen LogP contribution in [0.3, 0.4) is 0 Å². The molecule has 1 aromatic carbocycles. The SMILES string of the molecule is O=C(Cn1c(C2CCCCC2)nc2ccccc21)N(CCO)CC(F)F. The van der Waals surface area contributed by atoms with Crippen molar-refractivity contribution in [1.82, 2.24) is 14.5 Å². The molecule has 26 heavy (non-hydrogen) atoms. The predicted octanol–water partition coefficient (Wildman–Crippen LogP) is 3.17. The summed E-state index contributed by atoms with van der Waals surface area (Å²) in [6.45, 7) is -1.11. The Balaban J connectivity index is 1.90. The van der Waals surface area contributed by atoms with Crippen molar-refractivity contribution >= 4 is 16.9 Å². The molecule has 1 heterocycles. The molecule has 1 amide bonds. The Morgan fingerprint density at radius 3 is 2.69 bits per heavy atom. The topological polar surface area (TPSA) is 58.4 Å². The van der Waals surface area contributed by atoms with Crippen LogP contribution in [0.2, 0.25) is 0 Å². The summed E-state index contributed by atoms with van der Waals surface area (Å²) in [7, 11) is 0. The van der Waals surface area contributed by atoms with Gasteiger partial charge in [0, 0.05) is 12.5 Å². The zero-order chi connectivity index (χ0) is 18.5. The quantitative estimate of drug-likeness (QED) is 0.820. The molecule has 0 atom stereocenters. The summed E-state index contributed by atoms with van der Waals surface area (Å²) in [5, 5.41) is 9.10. The van der Waals surface area contributed by atoms with Crippen LogP contribution in [-0.2, 0) is 11.3 Å². The van der Waals surface area contributed by atoms with Crippen LogP contribution in [0.5, 0.6) is 0 Å². The molecule has 0 saturated heterocycles. The van der Waals surface area contributed by atoms with E-state index < -0.39 is 18.9 Å². The second-order valence-corrected chi connectivity index (χ2v) is 6.83. The lowest BCUT2D eigenvalue weighted by atomic mass is 9.88. The normalized spacial score (nSPS) is 15.7. The number of hydrogen-bond donors (Lipinski definition) is 1. The zero-order valence-electron chi connectivity index (χ0n) is 14.8. The highest BCUT2D eigenvalue weighted by Gasteiger charge is 2.25. The van der Waals surface area contributed by atoms with Crippen LogP contribution >= 0.6 is 0 Å². The summed E-state index contributed by atoms with van der Waals surface area (Å²) < 4.78 is 27.4. The van der Waals surface area contributed by atoms with Gasteiger partial charge in [-0.3, -0.25) is 4.79 Å². The second kappa shape index (κ2) is 8.58. The maximum absolute atomic E-state index is 12.8. The summed E-state index contributed by atoms with van der Waals surface area (Å²) in [6.07, 6.45) is 2.95. The molecule has 0 bridgehead atoms. The number of carbonyl (C=O) groups excluding carboxylic acids is 1. The number of halogens is 2. The molecule has 1 fully saturated rings. The number of benzene rings is 1. The number of nitrogens with zero attached hydrogens (tertiary/aromatic N) is 3. The van der Waals surface area contributed by atoms with Crippen LogP contribution in [0.15, 0.2) is 24.3 Å². The number of amides is 1. The maximum Gasteiger partial charge on any atom is 0.255 e. The number of carbonyl (C=O) groups is 1. The van der Waals surface area contributed by atoms with Gasteiger partial charge in [-0.25, -0.2) is 13.8 Å². The van der Waals surface area contributed by atoms with Crippen LogP contribution in [-0.4, -0.2) is 51.6 Å². The van der Waals surface area contributed by atoms with Crippen molar-refractivity contribution in [2.45, 2.75) is 51.0 Å². The third-order valence-electron chi connectivity index (χ3n) is 5.03. The van der Waals surface area contributed by atoms with Gasteiger partial charge in [-0.15, -0.1) is 0 Å². The molecule has 0 spiro atoms. The summed E-state index contributed by atoms with van der Waals surface area (Å²) >= 11 is 0. The lowest BCUT2D eigenvalue weighted by Gasteiger charge is -2.25. The highest BCUT2D eigenvalue weighted by molar-refractivity contribution is 5.81. The average molecular weight is 365 g/mol. The van der Waals surface area contributed by atoms with E-state index in [9.17, 15) is 13.6 Å². The van der Waals surface area contributed by atoms with Crippen molar-refractivity contribution in [3.8, 4) is 0 Å². The molecule has 1 aliphatic carbocycles. The number of aliphatic hydroxyl groups is 1. The molecule has 0 radical (unpaired) electrons. The molecule has 1 saturated carbocycles. The van der Waals surface area contributed by atoms with Crippen LogP contribution in [0.25, 0.3) is 11.0 Å². The van der Waals surface area contributed by atoms with Crippen molar-refractivity contribution in [1.29, 1.82) is 0 Å². The number of aromatic nitrogens is 2. The Morgan fingerprint density at radius 2 is 2.00 bits per heavy atom. The van der Waals surface area contributed by atoms with E-state index in [1.165, 1.54) is 6.42 Å². The monoisotopic (exact) mass is 365 g/mol. The van der Waals surface area contributed by atoms with E-state index in [1.807, 2.05) is 28.8 Å². The lowest BCUT2D eigenvalue weighted by Crippen LogP contribution is -2.39. The molecule has 2 aromatic rings. The minimum atomic E-state index is -2.62. The van der Waals surface area contributed by atoms with E-state index in [0.29, 0.717) is 5.92 Å². The number of fused-ring (bicyclic) bond motifs is 1. The first-order chi connectivity index (χ1) is 12.6.